The van der Waals surface area contributed by atoms with Crippen LogP contribution in [0.1, 0.15) is 34.8 Å². The van der Waals surface area contributed by atoms with Crippen molar-refractivity contribution in [1.82, 2.24) is 14.9 Å². The maximum Gasteiger partial charge on any atom is 0.253 e. The Labute approximate surface area is 144 Å². The maximum atomic E-state index is 12.0. The number of aromatic nitrogens is 2. The van der Waals surface area contributed by atoms with Crippen molar-refractivity contribution in [2.45, 2.75) is 30.2 Å². The molecule has 1 aliphatic carbocycles. The normalized spacial score (nSPS) is 14.3. The average Bonchev–Trinajstić information content (AvgIpc) is 3.40. The van der Waals surface area contributed by atoms with E-state index >= 15 is 0 Å². The lowest BCUT2D eigenvalue weighted by Crippen LogP contribution is -2.31. The summed E-state index contributed by atoms with van der Waals surface area (Å²) >= 11 is 0. The number of benzene rings is 1. The van der Waals surface area contributed by atoms with E-state index in [9.17, 15) is 18.0 Å². The molecule has 1 aliphatic rings. The summed E-state index contributed by atoms with van der Waals surface area (Å²) in [5.41, 5.74) is 1.01. The van der Waals surface area contributed by atoms with E-state index in [1.807, 2.05) is 0 Å². The van der Waals surface area contributed by atoms with Crippen LogP contribution in [0.25, 0.3) is 0 Å². The maximum absolute atomic E-state index is 12.0. The smallest absolute Gasteiger partial charge is 0.253 e. The summed E-state index contributed by atoms with van der Waals surface area (Å²) in [4.78, 5) is 28.2. The van der Waals surface area contributed by atoms with Crippen molar-refractivity contribution in [3.05, 3.63) is 58.3 Å². The molecule has 1 aromatic carbocycles. The van der Waals surface area contributed by atoms with Crippen LogP contribution in [-0.2, 0) is 16.6 Å². The molecule has 1 fully saturated rings. The van der Waals surface area contributed by atoms with E-state index in [2.05, 4.69) is 10.3 Å². The molecule has 0 spiro atoms. The summed E-state index contributed by atoms with van der Waals surface area (Å²) in [6, 6.07) is 6.86. The van der Waals surface area contributed by atoms with E-state index in [1.165, 1.54) is 35.2 Å². The lowest BCUT2D eigenvalue weighted by molar-refractivity contribution is 0.0952. The largest absolute Gasteiger partial charge is 0.350 e. The minimum Gasteiger partial charge on any atom is -0.350 e. The van der Waals surface area contributed by atoms with E-state index in [0.29, 0.717) is 18.0 Å². The van der Waals surface area contributed by atoms with Crippen molar-refractivity contribution < 1.29 is 13.2 Å². The fourth-order valence-corrected chi connectivity index (χ4v) is 2.91. The summed E-state index contributed by atoms with van der Waals surface area (Å²) in [6.45, 7) is 0.553. The minimum absolute atomic E-state index is 0.0579. The van der Waals surface area contributed by atoms with Crippen molar-refractivity contribution in [3.63, 3.8) is 0 Å². The van der Waals surface area contributed by atoms with Crippen molar-refractivity contribution in [1.29, 1.82) is 0 Å². The van der Waals surface area contributed by atoms with Crippen LogP contribution >= 0.6 is 0 Å². The molecule has 0 saturated heterocycles. The van der Waals surface area contributed by atoms with Crippen LogP contribution in [0.2, 0.25) is 0 Å². The van der Waals surface area contributed by atoms with Crippen molar-refractivity contribution in [2.24, 2.45) is 5.14 Å². The van der Waals surface area contributed by atoms with E-state index < -0.39 is 10.0 Å². The van der Waals surface area contributed by atoms with E-state index in [0.717, 1.165) is 18.5 Å². The highest BCUT2D eigenvalue weighted by Gasteiger charge is 2.25. The van der Waals surface area contributed by atoms with Gasteiger partial charge in [0.05, 0.1) is 16.9 Å². The van der Waals surface area contributed by atoms with Crippen LogP contribution in [0, 0.1) is 0 Å². The molecule has 0 bridgehead atoms. The van der Waals surface area contributed by atoms with Crippen LogP contribution in [0.15, 0.2) is 46.3 Å². The topological polar surface area (TPSA) is 124 Å². The number of hydrogen-bond donors (Lipinski definition) is 2. The van der Waals surface area contributed by atoms with Crippen molar-refractivity contribution in [3.8, 4) is 0 Å². The number of amides is 1. The molecule has 3 N–H and O–H groups in total. The van der Waals surface area contributed by atoms with Gasteiger partial charge in [-0.1, -0.05) is 0 Å². The number of rotatable bonds is 6. The predicted octanol–water partition coefficient (Wildman–Crippen LogP) is 0.198. The third-order valence-electron chi connectivity index (χ3n) is 3.98. The zero-order valence-electron chi connectivity index (χ0n) is 13.4. The lowest BCUT2D eigenvalue weighted by Gasteiger charge is -2.08. The molecule has 132 valence electrons. The van der Waals surface area contributed by atoms with Crippen LogP contribution in [-0.4, -0.2) is 30.4 Å². The molecule has 25 heavy (non-hydrogen) atoms. The quantitative estimate of drug-likeness (QED) is 0.759. The van der Waals surface area contributed by atoms with Crippen LogP contribution in [0.3, 0.4) is 0 Å². The molecular weight excluding hydrogens is 344 g/mol. The summed E-state index contributed by atoms with van der Waals surface area (Å²) in [5, 5.41) is 7.68. The molecular formula is C16H18N4O4S. The standard InChI is InChI=1S/C16H18N4O4S/c17-25(23,24)13-5-3-12(4-6-13)16(22)18-7-8-20-10-19-14(9-15(20)21)11-1-2-11/h3-6,9-11H,1-2,7-8H2,(H,18,22)(H2,17,23,24). The van der Waals surface area contributed by atoms with Gasteiger partial charge in [0, 0.05) is 30.6 Å². The Morgan fingerprint density at radius 1 is 1.28 bits per heavy atom. The van der Waals surface area contributed by atoms with Crippen LogP contribution < -0.4 is 16.0 Å². The Kier molecular flexibility index (Phi) is 4.69. The molecule has 8 nitrogen and oxygen atoms in total. The monoisotopic (exact) mass is 362 g/mol. The molecule has 3 rings (SSSR count). The molecule has 1 heterocycles. The third-order valence-corrected chi connectivity index (χ3v) is 4.91. The Balaban J connectivity index is 1.56. The fourth-order valence-electron chi connectivity index (χ4n) is 2.40. The molecule has 9 heteroatoms. The summed E-state index contributed by atoms with van der Waals surface area (Å²) < 4.78 is 23.8. The van der Waals surface area contributed by atoms with Gasteiger partial charge in [0.2, 0.25) is 10.0 Å². The van der Waals surface area contributed by atoms with Gasteiger partial charge in [-0.15, -0.1) is 0 Å². The second-order valence-electron chi connectivity index (χ2n) is 5.94. The summed E-state index contributed by atoms with van der Waals surface area (Å²) in [6.07, 6.45) is 3.66. The Hall–Kier alpha value is -2.52. The SMILES string of the molecule is NS(=O)(=O)c1ccc(C(=O)NCCn2cnc(C3CC3)cc2=O)cc1. The first-order valence-corrected chi connectivity index (χ1v) is 9.37. The highest BCUT2D eigenvalue weighted by molar-refractivity contribution is 7.89. The number of nitrogens with one attached hydrogen (secondary N) is 1. The number of sulfonamides is 1. The summed E-state index contributed by atoms with van der Waals surface area (Å²) in [5.74, 6) is 0.0546. The van der Waals surface area contributed by atoms with Gasteiger partial charge in [-0.25, -0.2) is 18.5 Å². The van der Waals surface area contributed by atoms with Crippen LogP contribution in [0.4, 0.5) is 0 Å². The Morgan fingerprint density at radius 3 is 2.52 bits per heavy atom. The van der Waals surface area contributed by atoms with Gasteiger partial charge in [0.1, 0.15) is 0 Å². The molecule has 1 aromatic heterocycles. The lowest BCUT2D eigenvalue weighted by atomic mass is 10.2. The minimum atomic E-state index is -3.79. The van der Waals surface area contributed by atoms with Crippen LogP contribution in [0.5, 0.6) is 0 Å². The Bertz CT molecular complexity index is 947. The van der Waals surface area contributed by atoms with Gasteiger partial charge >= 0.3 is 0 Å². The fraction of sp³-hybridized carbons (Fsp3) is 0.312. The average molecular weight is 362 g/mol. The summed E-state index contributed by atoms with van der Waals surface area (Å²) in [7, 11) is -3.79. The zero-order valence-corrected chi connectivity index (χ0v) is 14.2. The zero-order chi connectivity index (χ0) is 18.0. The van der Waals surface area contributed by atoms with Crippen molar-refractivity contribution in [2.75, 3.05) is 6.54 Å². The van der Waals surface area contributed by atoms with Gasteiger partial charge in [-0.2, -0.15) is 0 Å². The number of nitrogens with zero attached hydrogens (tertiary/aromatic N) is 2. The first-order valence-electron chi connectivity index (χ1n) is 7.82. The van der Waals surface area contributed by atoms with Gasteiger partial charge in [0.25, 0.3) is 11.5 Å². The Morgan fingerprint density at radius 2 is 1.96 bits per heavy atom. The number of nitrogens with two attached hydrogens (primary N) is 1. The molecule has 1 saturated carbocycles. The molecule has 1 amide bonds. The first-order chi connectivity index (χ1) is 11.8. The number of primary sulfonamides is 1. The molecule has 0 radical (unpaired) electrons. The highest BCUT2D eigenvalue weighted by Crippen LogP contribution is 2.38. The van der Waals surface area contributed by atoms with E-state index in [1.54, 1.807) is 6.07 Å². The number of carbonyl (C=O) groups is 1. The molecule has 0 aliphatic heterocycles. The van der Waals surface area contributed by atoms with E-state index in [-0.39, 0.29) is 22.9 Å². The molecule has 0 atom stereocenters. The third kappa shape index (κ3) is 4.31. The van der Waals surface area contributed by atoms with Gasteiger partial charge in [0.15, 0.2) is 0 Å². The second kappa shape index (κ2) is 6.77. The predicted molar refractivity (Wildman–Crippen MR) is 90.6 cm³/mol. The highest BCUT2D eigenvalue weighted by atomic mass is 32.2. The first kappa shape index (κ1) is 17.3. The number of carbonyl (C=O) groups excluding carboxylic acids is 1. The van der Waals surface area contributed by atoms with Gasteiger partial charge in [-0.05, 0) is 37.1 Å². The second-order valence-corrected chi connectivity index (χ2v) is 7.51. The van der Waals surface area contributed by atoms with Gasteiger partial charge in [-0.3, -0.25) is 14.2 Å². The van der Waals surface area contributed by atoms with Crippen molar-refractivity contribution >= 4 is 15.9 Å². The number of hydrogen-bond acceptors (Lipinski definition) is 5. The molecule has 0 unspecified atom stereocenters. The van der Waals surface area contributed by atoms with E-state index in [4.69, 9.17) is 5.14 Å². The molecule has 2 aromatic rings. The van der Waals surface area contributed by atoms with Gasteiger partial charge < -0.3 is 5.32 Å².